The number of rotatable bonds is 5. The molecule has 2 aliphatic carbocycles. The Hall–Kier alpha value is -3.86. The van der Waals surface area contributed by atoms with Crippen molar-refractivity contribution in [2.45, 2.75) is 51.6 Å². The molecule has 0 unspecified atom stereocenters. The normalized spacial score (nSPS) is 14.4. The van der Waals surface area contributed by atoms with E-state index in [0.29, 0.717) is 45.3 Å². The van der Waals surface area contributed by atoms with Crippen LogP contribution < -0.4 is 5.32 Å². The summed E-state index contributed by atoms with van der Waals surface area (Å²) in [6.45, 7) is 1.96. The van der Waals surface area contributed by atoms with Crippen LogP contribution in [0.25, 0.3) is 16.9 Å². The van der Waals surface area contributed by atoms with Crippen molar-refractivity contribution >= 4 is 28.2 Å². The molecule has 0 aliphatic heterocycles. The monoisotopic (exact) mass is 555 g/mol. The van der Waals surface area contributed by atoms with E-state index < -0.39 is 23.7 Å². The minimum atomic E-state index is -4.60. The lowest BCUT2D eigenvalue weighted by Gasteiger charge is -2.15. The summed E-state index contributed by atoms with van der Waals surface area (Å²) >= 11 is 1.39. The number of nitrogens with one attached hydrogen (secondary N) is 1. The van der Waals surface area contributed by atoms with Crippen molar-refractivity contribution in [1.29, 1.82) is 0 Å². The largest absolute Gasteiger partial charge is 0.469 e. The molecule has 1 amide bonds. The predicted molar refractivity (Wildman–Crippen MR) is 139 cm³/mol. The quantitative estimate of drug-likeness (QED) is 0.280. The summed E-state index contributed by atoms with van der Waals surface area (Å²) in [4.78, 5) is 27.0. The van der Waals surface area contributed by atoms with Crippen LogP contribution in [0.15, 0.2) is 41.0 Å². The number of ether oxygens (including phenoxy) is 1. The number of anilines is 1. The minimum Gasteiger partial charge on any atom is -0.469 e. The number of alkyl halides is 3. The number of aryl methyl sites for hydroxylation is 2. The summed E-state index contributed by atoms with van der Waals surface area (Å²) in [5.41, 5.74) is 2.17. The Bertz CT molecular complexity index is 1580. The van der Waals surface area contributed by atoms with Crippen LogP contribution in [0.5, 0.6) is 0 Å². The van der Waals surface area contributed by atoms with Crippen molar-refractivity contribution in [2.75, 3.05) is 11.9 Å². The van der Waals surface area contributed by atoms with Crippen molar-refractivity contribution in [3.05, 3.63) is 75.2 Å². The highest BCUT2D eigenvalue weighted by atomic mass is 32.1. The predicted octanol–water partition coefficient (Wildman–Crippen LogP) is 6.62. The number of thiophene rings is 1. The number of halogens is 3. The molecule has 0 saturated carbocycles. The van der Waals surface area contributed by atoms with Gasteiger partial charge in [-0.15, -0.1) is 11.3 Å². The van der Waals surface area contributed by atoms with E-state index in [0.717, 1.165) is 36.1 Å². The fourth-order valence-electron chi connectivity index (χ4n) is 5.36. The maximum atomic E-state index is 13.8. The number of fused-ring (bicyclic) bond motifs is 4. The minimum absolute atomic E-state index is 0.131. The molecule has 0 saturated heterocycles. The molecule has 0 spiro atoms. The Labute approximate surface area is 225 Å². The van der Waals surface area contributed by atoms with Gasteiger partial charge in [-0.1, -0.05) is 0 Å². The van der Waals surface area contributed by atoms with E-state index in [9.17, 15) is 22.8 Å². The van der Waals surface area contributed by atoms with Gasteiger partial charge in [0.25, 0.3) is 5.91 Å². The molecule has 0 atom stereocenters. The zero-order chi connectivity index (χ0) is 27.3. The second kappa shape index (κ2) is 9.71. The standard InChI is InChI=1S/C28H24F3N3O4S/c1-2-37-27(36)22-18-5-3-4-6-21(18)39-26(22)32-25(35)15-7-9-16(10-8-15)34-23-17-13-14-38-20(17)12-11-19(23)24(33-34)28(29,30)31/h7-10,13-14H,2-6,11-12H2,1H3,(H,32,35). The highest BCUT2D eigenvalue weighted by Gasteiger charge is 2.41. The number of hydrogen-bond acceptors (Lipinski definition) is 6. The molecule has 3 aromatic heterocycles. The average molecular weight is 556 g/mol. The van der Waals surface area contributed by atoms with Gasteiger partial charge in [0.2, 0.25) is 0 Å². The van der Waals surface area contributed by atoms with E-state index in [1.165, 1.54) is 34.4 Å². The number of furan rings is 1. The molecule has 0 radical (unpaired) electrons. The van der Waals surface area contributed by atoms with Gasteiger partial charge >= 0.3 is 12.1 Å². The number of amides is 1. The van der Waals surface area contributed by atoms with Crippen molar-refractivity contribution in [3.8, 4) is 16.9 Å². The van der Waals surface area contributed by atoms with E-state index in [4.69, 9.17) is 9.15 Å². The third kappa shape index (κ3) is 4.44. The number of carbonyl (C=O) groups excluding carboxylic acids is 2. The van der Waals surface area contributed by atoms with Crippen molar-refractivity contribution in [1.82, 2.24) is 9.78 Å². The summed E-state index contributed by atoms with van der Waals surface area (Å²) in [6.07, 6.45) is 0.997. The van der Waals surface area contributed by atoms with Gasteiger partial charge in [0.15, 0.2) is 5.69 Å². The smallest absolute Gasteiger partial charge is 0.435 e. The van der Waals surface area contributed by atoms with Gasteiger partial charge in [-0.2, -0.15) is 18.3 Å². The second-order valence-corrected chi connectivity index (χ2v) is 10.6. The van der Waals surface area contributed by atoms with Crippen LogP contribution in [-0.2, 0) is 36.6 Å². The molecule has 1 N–H and O–H groups in total. The number of carbonyl (C=O) groups is 2. The lowest BCUT2D eigenvalue weighted by Crippen LogP contribution is -2.16. The first kappa shape index (κ1) is 25.4. The Balaban J connectivity index is 1.32. The molecule has 1 aromatic carbocycles. The van der Waals surface area contributed by atoms with E-state index >= 15 is 0 Å². The van der Waals surface area contributed by atoms with Gasteiger partial charge in [-0.25, -0.2) is 9.48 Å². The van der Waals surface area contributed by atoms with Crippen molar-refractivity contribution < 1.29 is 31.9 Å². The molecule has 0 fully saturated rings. The van der Waals surface area contributed by atoms with Gasteiger partial charge in [-0.3, -0.25) is 4.79 Å². The SMILES string of the molecule is CCOC(=O)c1c(NC(=O)c2ccc(-n3nc(C(F)(F)F)c4c3-c3ccoc3CC4)cc2)sc2c1CCCC2. The summed E-state index contributed by atoms with van der Waals surface area (Å²) in [7, 11) is 0. The lowest BCUT2D eigenvalue weighted by atomic mass is 9.94. The first-order valence-electron chi connectivity index (χ1n) is 12.8. The Morgan fingerprint density at radius 1 is 1.08 bits per heavy atom. The van der Waals surface area contributed by atoms with Crippen LogP contribution in [0, 0.1) is 0 Å². The first-order chi connectivity index (χ1) is 18.8. The maximum absolute atomic E-state index is 13.8. The molecule has 7 nitrogen and oxygen atoms in total. The zero-order valence-corrected chi connectivity index (χ0v) is 21.8. The molecule has 202 valence electrons. The van der Waals surface area contributed by atoms with Crippen LogP contribution in [0.3, 0.4) is 0 Å². The Kier molecular flexibility index (Phi) is 6.33. The molecule has 6 rings (SSSR count). The number of benzene rings is 1. The maximum Gasteiger partial charge on any atom is 0.435 e. The molecule has 39 heavy (non-hydrogen) atoms. The van der Waals surface area contributed by atoms with Gasteiger partial charge in [0.05, 0.1) is 29.8 Å². The topological polar surface area (TPSA) is 86.4 Å². The average Bonchev–Trinajstić information content (AvgIpc) is 3.63. The third-order valence-corrected chi connectivity index (χ3v) is 8.31. The van der Waals surface area contributed by atoms with Gasteiger partial charge in [0.1, 0.15) is 10.8 Å². The van der Waals surface area contributed by atoms with Crippen LogP contribution in [0.2, 0.25) is 0 Å². The molecule has 4 aromatic rings. The van der Waals surface area contributed by atoms with Gasteiger partial charge in [-0.05, 0) is 74.9 Å². The molecule has 2 aliphatic rings. The van der Waals surface area contributed by atoms with Crippen LogP contribution >= 0.6 is 11.3 Å². The number of nitrogens with zero attached hydrogens (tertiary/aromatic N) is 2. The molecular formula is C28H24F3N3O4S. The molecule has 11 heteroatoms. The Morgan fingerprint density at radius 3 is 2.59 bits per heavy atom. The van der Waals surface area contributed by atoms with E-state index in [1.807, 2.05) is 0 Å². The highest BCUT2D eigenvalue weighted by molar-refractivity contribution is 7.17. The molecule has 0 bridgehead atoms. The van der Waals surface area contributed by atoms with Crippen LogP contribution in [0.1, 0.15) is 67.9 Å². The Morgan fingerprint density at radius 2 is 1.85 bits per heavy atom. The van der Waals surface area contributed by atoms with Crippen LogP contribution in [0.4, 0.5) is 18.2 Å². The number of hydrogen-bond donors (Lipinski definition) is 1. The fourth-order valence-corrected chi connectivity index (χ4v) is 6.64. The van der Waals surface area contributed by atoms with Crippen molar-refractivity contribution in [3.63, 3.8) is 0 Å². The summed E-state index contributed by atoms with van der Waals surface area (Å²) in [5.74, 6) is -0.268. The van der Waals surface area contributed by atoms with Crippen molar-refractivity contribution in [2.24, 2.45) is 0 Å². The summed E-state index contributed by atoms with van der Waals surface area (Å²) in [6, 6.07) is 7.82. The van der Waals surface area contributed by atoms with Crippen LogP contribution in [-0.4, -0.2) is 28.3 Å². The molecular weight excluding hydrogens is 531 g/mol. The van der Waals surface area contributed by atoms with E-state index in [-0.39, 0.29) is 18.6 Å². The summed E-state index contributed by atoms with van der Waals surface area (Å²) < 4.78 is 53.5. The van der Waals surface area contributed by atoms with E-state index in [1.54, 1.807) is 25.1 Å². The fraction of sp³-hybridized carbons (Fsp3) is 0.321. The van der Waals surface area contributed by atoms with Gasteiger partial charge in [0, 0.05) is 28.0 Å². The van der Waals surface area contributed by atoms with Gasteiger partial charge < -0.3 is 14.5 Å². The zero-order valence-electron chi connectivity index (χ0n) is 21.0. The molecule has 3 heterocycles. The van der Waals surface area contributed by atoms with E-state index in [2.05, 4.69) is 10.4 Å². The lowest BCUT2D eigenvalue weighted by molar-refractivity contribution is -0.142. The summed E-state index contributed by atoms with van der Waals surface area (Å²) in [5, 5.41) is 7.26. The number of aromatic nitrogens is 2. The number of esters is 1. The third-order valence-electron chi connectivity index (χ3n) is 7.11. The second-order valence-electron chi connectivity index (χ2n) is 9.48. The first-order valence-corrected chi connectivity index (χ1v) is 13.6. The highest BCUT2D eigenvalue weighted by Crippen LogP contribution is 2.43.